The molecular formula is C16H26N2O2. The standard InChI is InChI=1S/C16H26N2O2/c1-4-20-16(8-10-19-11-9-16)15(18-17)14-7-5-6-12(2)13(14)3/h5-7,15,18H,4,8-11,17H2,1-3H3. The van der Waals surface area contributed by atoms with Gasteiger partial charge in [-0.15, -0.1) is 0 Å². The van der Waals surface area contributed by atoms with Gasteiger partial charge >= 0.3 is 0 Å². The van der Waals surface area contributed by atoms with Gasteiger partial charge in [0, 0.05) is 32.7 Å². The lowest BCUT2D eigenvalue weighted by Gasteiger charge is -2.43. The zero-order valence-electron chi connectivity index (χ0n) is 12.7. The van der Waals surface area contributed by atoms with Crippen molar-refractivity contribution >= 4 is 0 Å². The molecule has 1 saturated heterocycles. The first-order valence-electron chi connectivity index (χ1n) is 7.38. The number of benzene rings is 1. The molecule has 1 aromatic rings. The molecule has 0 saturated carbocycles. The maximum absolute atomic E-state index is 6.15. The molecule has 1 unspecified atom stereocenters. The zero-order chi connectivity index (χ0) is 14.6. The summed E-state index contributed by atoms with van der Waals surface area (Å²) in [6.45, 7) is 8.45. The second-order valence-electron chi connectivity index (χ2n) is 5.50. The van der Waals surface area contributed by atoms with Crippen molar-refractivity contribution in [3.05, 3.63) is 34.9 Å². The molecule has 0 radical (unpaired) electrons. The van der Waals surface area contributed by atoms with E-state index in [-0.39, 0.29) is 11.6 Å². The normalized spacial score (nSPS) is 19.8. The maximum Gasteiger partial charge on any atom is 0.0932 e. The average Bonchev–Trinajstić information content (AvgIpc) is 2.45. The molecule has 2 rings (SSSR count). The van der Waals surface area contributed by atoms with Crippen molar-refractivity contribution in [3.8, 4) is 0 Å². The summed E-state index contributed by atoms with van der Waals surface area (Å²) in [6.07, 6.45) is 1.73. The van der Waals surface area contributed by atoms with Crippen molar-refractivity contribution in [2.75, 3.05) is 19.8 Å². The van der Waals surface area contributed by atoms with Crippen molar-refractivity contribution in [2.24, 2.45) is 5.84 Å². The number of ether oxygens (including phenoxy) is 2. The number of nitrogens with two attached hydrogens (primary N) is 1. The predicted molar refractivity (Wildman–Crippen MR) is 80.4 cm³/mol. The topological polar surface area (TPSA) is 56.5 Å². The lowest BCUT2D eigenvalue weighted by molar-refractivity contribution is -0.128. The molecule has 0 aliphatic carbocycles. The molecule has 4 nitrogen and oxygen atoms in total. The lowest BCUT2D eigenvalue weighted by Crippen LogP contribution is -2.52. The summed E-state index contributed by atoms with van der Waals surface area (Å²) in [4.78, 5) is 0. The first-order chi connectivity index (χ1) is 9.64. The molecule has 1 heterocycles. The van der Waals surface area contributed by atoms with E-state index in [0.717, 1.165) is 26.1 Å². The van der Waals surface area contributed by atoms with E-state index in [0.29, 0.717) is 6.61 Å². The highest BCUT2D eigenvalue weighted by molar-refractivity contribution is 5.37. The summed E-state index contributed by atoms with van der Waals surface area (Å²) in [5, 5.41) is 0. The lowest BCUT2D eigenvalue weighted by atomic mass is 9.80. The van der Waals surface area contributed by atoms with Crippen LogP contribution in [0.5, 0.6) is 0 Å². The monoisotopic (exact) mass is 278 g/mol. The van der Waals surface area contributed by atoms with Gasteiger partial charge in [0.1, 0.15) is 0 Å². The van der Waals surface area contributed by atoms with Gasteiger partial charge in [0.2, 0.25) is 0 Å². The number of aryl methyl sites for hydroxylation is 1. The number of hydrogen-bond donors (Lipinski definition) is 2. The van der Waals surface area contributed by atoms with E-state index in [2.05, 4.69) is 37.5 Å². The Morgan fingerprint density at radius 3 is 2.65 bits per heavy atom. The first kappa shape index (κ1) is 15.4. The maximum atomic E-state index is 6.15. The third-order valence-electron chi connectivity index (χ3n) is 4.42. The quantitative estimate of drug-likeness (QED) is 0.641. The Bertz CT molecular complexity index is 437. The van der Waals surface area contributed by atoms with Gasteiger partial charge in [0.15, 0.2) is 0 Å². The number of hydrogen-bond acceptors (Lipinski definition) is 4. The molecule has 0 spiro atoms. The summed E-state index contributed by atoms with van der Waals surface area (Å²) >= 11 is 0. The Kier molecular flexibility index (Phi) is 5.16. The summed E-state index contributed by atoms with van der Waals surface area (Å²) in [6, 6.07) is 6.35. The molecule has 20 heavy (non-hydrogen) atoms. The van der Waals surface area contributed by atoms with E-state index in [4.69, 9.17) is 15.3 Å². The van der Waals surface area contributed by atoms with Crippen LogP contribution in [0.2, 0.25) is 0 Å². The van der Waals surface area contributed by atoms with Crippen LogP contribution in [0.3, 0.4) is 0 Å². The molecule has 0 aromatic heterocycles. The second-order valence-corrected chi connectivity index (χ2v) is 5.50. The SMILES string of the molecule is CCOC1(C(NN)c2cccc(C)c2C)CCOCC1. The van der Waals surface area contributed by atoms with Gasteiger partial charge in [0.25, 0.3) is 0 Å². The molecule has 1 aliphatic rings. The van der Waals surface area contributed by atoms with Crippen LogP contribution < -0.4 is 11.3 Å². The minimum absolute atomic E-state index is 0.00810. The second kappa shape index (κ2) is 6.68. The van der Waals surface area contributed by atoms with Gasteiger partial charge in [-0.3, -0.25) is 11.3 Å². The van der Waals surface area contributed by atoms with E-state index < -0.39 is 0 Å². The van der Waals surface area contributed by atoms with Gasteiger partial charge in [-0.1, -0.05) is 18.2 Å². The van der Waals surface area contributed by atoms with E-state index in [1.54, 1.807) is 0 Å². The minimum Gasteiger partial charge on any atom is -0.381 e. The number of hydrazine groups is 1. The fourth-order valence-electron chi connectivity index (χ4n) is 3.13. The smallest absolute Gasteiger partial charge is 0.0932 e. The predicted octanol–water partition coefficient (Wildman–Crippen LogP) is 2.39. The molecule has 4 heteroatoms. The summed E-state index contributed by atoms with van der Waals surface area (Å²) in [5.41, 5.74) is 6.51. The van der Waals surface area contributed by atoms with E-state index in [1.165, 1.54) is 16.7 Å². The largest absolute Gasteiger partial charge is 0.381 e. The van der Waals surface area contributed by atoms with Crippen molar-refractivity contribution in [1.29, 1.82) is 0 Å². The Morgan fingerprint density at radius 1 is 1.35 bits per heavy atom. The first-order valence-corrected chi connectivity index (χ1v) is 7.38. The summed E-state index contributed by atoms with van der Waals surface area (Å²) < 4.78 is 11.7. The van der Waals surface area contributed by atoms with Gasteiger partial charge in [0.05, 0.1) is 11.6 Å². The van der Waals surface area contributed by atoms with Gasteiger partial charge in [-0.25, -0.2) is 0 Å². The van der Waals surface area contributed by atoms with E-state index in [1.807, 2.05) is 6.92 Å². The van der Waals surface area contributed by atoms with Crippen LogP contribution in [0, 0.1) is 13.8 Å². The summed E-state index contributed by atoms with van der Waals surface area (Å²) in [5.74, 6) is 5.90. The van der Waals surface area contributed by atoms with Crippen LogP contribution in [-0.4, -0.2) is 25.4 Å². The van der Waals surface area contributed by atoms with Crippen LogP contribution in [0.25, 0.3) is 0 Å². The molecule has 1 fully saturated rings. The third kappa shape index (κ3) is 2.88. The highest BCUT2D eigenvalue weighted by Crippen LogP contribution is 2.38. The average molecular weight is 278 g/mol. The molecule has 1 atom stereocenters. The van der Waals surface area contributed by atoms with E-state index >= 15 is 0 Å². The third-order valence-corrected chi connectivity index (χ3v) is 4.42. The van der Waals surface area contributed by atoms with E-state index in [9.17, 15) is 0 Å². The molecule has 112 valence electrons. The molecular weight excluding hydrogens is 252 g/mol. The van der Waals surface area contributed by atoms with Gasteiger partial charge in [-0.05, 0) is 37.5 Å². The van der Waals surface area contributed by atoms with Crippen LogP contribution in [-0.2, 0) is 9.47 Å². The van der Waals surface area contributed by atoms with Crippen molar-refractivity contribution < 1.29 is 9.47 Å². The van der Waals surface area contributed by atoms with Crippen molar-refractivity contribution in [3.63, 3.8) is 0 Å². The Labute approximate surface area is 121 Å². The molecule has 0 bridgehead atoms. The fourth-order valence-corrected chi connectivity index (χ4v) is 3.13. The fraction of sp³-hybridized carbons (Fsp3) is 0.625. The van der Waals surface area contributed by atoms with Crippen molar-refractivity contribution in [2.45, 2.75) is 45.3 Å². The number of rotatable bonds is 5. The summed E-state index contributed by atoms with van der Waals surface area (Å²) in [7, 11) is 0. The van der Waals surface area contributed by atoms with Crippen molar-refractivity contribution in [1.82, 2.24) is 5.43 Å². The molecule has 3 N–H and O–H groups in total. The Morgan fingerprint density at radius 2 is 2.05 bits per heavy atom. The van der Waals surface area contributed by atoms with Gasteiger partial charge < -0.3 is 9.47 Å². The van der Waals surface area contributed by atoms with Crippen LogP contribution in [0.4, 0.5) is 0 Å². The van der Waals surface area contributed by atoms with Crippen LogP contribution in [0.1, 0.15) is 42.5 Å². The molecule has 0 amide bonds. The van der Waals surface area contributed by atoms with Gasteiger partial charge in [-0.2, -0.15) is 0 Å². The zero-order valence-corrected chi connectivity index (χ0v) is 12.7. The van der Waals surface area contributed by atoms with Crippen LogP contribution in [0.15, 0.2) is 18.2 Å². The van der Waals surface area contributed by atoms with Crippen LogP contribution >= 0.6 is 0 Å². The Hall–Kier alpha value is -0.940. The molecule has 1 aliphatic heterocycles. The number of nitrogens with one attached hydrogen (secondary N) is 1. The highest BCUT2D eigenvalue weighted by Gasteiger charge is 2.42. The highest BCUT2D eigenvalue weighted by atomic mass is 16.5. The Balaban J connectivity index is 2.39. The molecule has 1 aromatic carbocycles. The minimum atomic E-state index is -0.277.